The average molecular weight is 233 g/mol. The van der Waals surface area contributed by atoms with Crippen LogP contribution in [0.5, 0.6) is 0 Å². The fourth-order valence-corrected chi connectivity index (χ4v) is 2.71. The lowest BCUT2D eigenvalue weighted by Crippen LogP contribution is -2.46. The minimum absolute atomic E-state index is 0.538. The minimum atomic E-state index is 0.538. The molecule has 1 aliphatic heterocycles. The Morgan fingerprint density at radius 2 is 2.35 bits per heavy atom. The molecular formula is C14H23N3. The minimum Gasteiger partial charge on any atom is -0.329 e. The van der Waals surface area contributed by atoms with Gasteiger partial charge in [-0.1, -0.05) is 19.4 Å². The summed E-state index contributed by atoms with van der Waals surface area (Å²) in [6, 6.07) is 6.65. The molecule has 2 unspecified atom stereocenters. The van der Waals surface area contributed by atoms with Crippen molar-refractivity contribution in [3.8, 4) is 0 Å². The molecule has 2 rings (SSSR count). The van der Waals surface area contributed by atoms with Gasteiger partial charge in [-0.3, -0.25) is 9.88 Å². The summed E-state index contributed by atoms with van der Waals surface area (Å²) in [5.74, 6) is 0.864. The molecule has 0 radical (unpaired) electrons. The van der Waals surface area contributed by atoms with Gasteiger partial charge in [-0.2, -0.15) is 0 Å². The van der Waals surface area contributed by atoms with Crippen molar-refractivity contribution in [1.82, 2.24) is 9.88 Å². The maximum atomic E-state index is 5.90. The fourth-order valence-electron chi connectivity index (χ4n) is 2.71. The highest BCUT2D eigenvalue weighted by Crippen LogP contribution is 2.25. The van der Waals surface area contributed by atoms with E-state index in [-0.39, 0.29) is 0 Å². The highest BCUT2D eigenvalue weighted by molar-refractivity contribution is 5.04. The summed E-state index contributed by atoms with van der Waals surface area (Å²) in [6.07, 6.45) is 5.71. The maximum Gasteiger partial charge on any atom is 0.0544 e. The van der Waals surface area contributed by atoms with Crippen LogP contribution in [0.2, 0.25) is 0 Å². The lowest BCUT2D eigenvalue weighted by atomic mass is 9.89. The molecule has 0 aliphatic carbocycles. The second-order valence-electron chi connectivity index (χ2n) is 4.98. The van der Waals surface area contributed by atoms with E-state index in [0.717, 1.165) is 31.2 Å². The second-order valence-corrected chi connectivity index (χ2v) is 4.98. The quantitative estimate of drug-likeness (QED) is 0.865. The third-order valence-electron chi connectivity index (χ3n) is 3.89. The van der Waals surface area contributed by atoms with Crippen LogP contribution in [-0.4, -0.2) is 29.0 Å². The molecule has 3 nitrogen and oxygen atoms in total. The molecule has 1 fully saturated rings. The Hall–Kier alpha value is -0.930. The number of pyridine rings is 1. The molecule has 1 aliphatic rings. The lowest BCUT2D eigenvalue weighted by molar-refractivity contribution is 0.106. The van der Waals surface area contributed by atoms with Gasteiger partial charge in [-0.15, -0.1) is 0 Å². The van der Waals surface area contributed by atoms with Crippen molar-refractivity contribution in [3.63, 3.8) is 0 Å². The zero-order valence-electron chi connectivity index (χ0n) is 10.7. The summed E-state index contributed by atoms with van der Waals surface area (Å²) in [7, 11) is 0. The largest absolute Gasteiger partial charge is 0.329 e. The van der Waals surface area contributed by atoms with Gasteiger partial charge in [0.25, 0.3) is 0 Å². The highest BCUT2D eigenvalue weighted by Gasteiger charge is 2.26. The van der Waals surface area contributed by atoms with Gasteiger partial charge in [-0.25, -0.2) is 0 Å². The van der Waals surface area contributed by atoms with Gasteiger partial charge in [-0.05, 0) is 37.4 Å². The molecule has 94 valence electrons. The number of hydrogen-bond donors (Lipinski definition) is 1. The molecule has 0 amide bonds. The van der Waals surface area contributed by atoms with E-state index < -0.39 is 0 Å². The monoisotopic (exact) mass is 233 g/mol. The third kappa shape index (κ3) is 3.27. The van der Waals surface area contributed by atoms with Gasteiger partial charge < -0.3 is 5.73 Å². The molecule has 0 aromatic carbocycles. The van der Waals surface area contributed by atoms with Gasteiger partial charge in [0.2, 0.25) is 0 Å². The zero-order chi connectivity index (χ0) is 12.1. The van der Waals surface area contributed by atoms with Crippen molar-refractivity contribution in [2.75, 3.05) is 13.1 Å². The first kappa shape index (κ1) is 12.5. The van der Waals surface area contributed by atoms with Gasteiger partial charge >= 0.3 is 0 Å². The van der Waals surface area contributed by atoms with Crippen molar-refractivity contribution in [3.05, 3.63) is 30.1 Å². The first-order valence-electron chi connectivity index (χ1n) is 6.67. The van der Waals surface area contributed by atoms with Crippen molar-refractivity contribution in [2.24, 2.45) is 11.7 Å². The Kier molecular flexibility index (Phi) is 4.51. The van der Waals surface area contributed by atoms with E-state index in [0.29, 0.717) is 6.04 Å². The van der Waals surface area contributed by atoms with Gasteiger partial charge in [0.1, 0.15) is 0 Å². The number of nitrogens with zero attached hydrogens (tertiary/aromatic N) is 2. The van der Waals surface area contributed by atoms with E-state index >= 15 is 0 Å². The molecule has 0 saturated carbocycles. The highest BCUT2D eigenvalue weighted by atomic mass is 15.2. The van der Waals surface area contributed by atoms with Crippen LogP contribution in [0.25, 0.3) is 0 Å². The maximum absolute atomic E-state index is 5.90. The molecule has 3 heteroatoms. The van der Waals surface area contributed by atoms with Crippen LogP contribution in [0.4, 0.5) is 0 Å². The Morgan fingerprint density at radius 1 is 1.47 bits per heavy atom. The van der Waals surface area contributed by atoms with Crippen LogP contribution in [0.3, 0.4) is 0 Å². The lowest BCUT2D eigenvalue weighted by Gasteiger charge is -2.38. The number of hydrogen-bond acceptors (Lipinski definition) is 3. The van der Waals surface area contributed by atoms with E-state index in [1.54, 1.807) is 0 Å². The van der Waals surface area contributed by atoms with Crippen molar-refractivity contribution >= 4 is 0 Å². The van der Waals surface area contributed by atoms with Crippen LogP contribution >= 0.6 is 0 Å². The molecule has 2 heterocycles. The first-order chi connectivity index (χ1) is 8.33. The Labute approximate surface area is 104 Å². The molecule has 1 aromatic rings. The van der Waals surface area contributed by atoms with E-state index in [1.165, 1.54) is 19.3 Å². The standard InChI is InChI=1S/C14H23N3/c1-2-12-6-8-17(14(9-12)10-15)11-13-5-3-4-7-16-13/h3-5,7,12,14H,2,6,8-11,15H2,1H3. The summed E-state index contributed by atoms with van der Waals surface area (Å²) in [6.45, 7) is 5.16. The van der Waals surface area contributed by atoms with Crippen LogP contribution in [-0.2, 0) is 6.54 Å². The van der Waals surface area contributed by atoms with E-state index in [4.69, 9.17) is 5.73 Å². The predicted molar refractivity (Wildman–Crippen MR) is 70.5 cm³/mol. The summed E-state index contributed by atoms with van der Waals surface area (Å²) in [5, 5.41) is 0. The topological polar surface area (TPSA) is 42.2 Å². The number of rotatable bonds is 4. The van der Waals surface area contributed by atoms with Crippen molar-refractivity contribution in [2.45, 2.75) is 38.8 Å². The molecule has 2 N–H and O–H groups in total. The molecule has 1 saturated heterocycles. The zero-order valence-corrected chi connectivity index (χ0v) is 10.7. The summed E-state index contributed by atoms with van der Waals surface area (Å²) >= 11 is 0. The predicted octanol–water partition coefficient (Wildman–Crippen LogP) is 2.03. The van der Waals surface area contributed by atoms with Crippen molar-refractivity contribution in [1.29, 1.82) is 0 Å². The SMILES string of the molecule is CCC1CCN(Cc2ccccn2)C(CN)C1. The Balaban J connectivity index is 1.96. The number of piperidine rings is 1. The number of likely N-dealkylation sites (tertiary alicyclic amines) is 1. The number of aromatic nitrogens is 1. The Morgan fingerprint density at radius 3 is 3.00 bits per heavy atom. The van der Waals surface area contributed by atoms with Crippen molar-refractivity contribution < 1.29 is 0 Å². The van der Waals surface area contributed by atoms with Crippen LogP contribution < -0.4 is 5.73 Å². The molecule has 17 heavy (non-hydrogen) atoms. The van der Waals surface area contributed by atoms with Gasteiger partial charge in [0.15, 0.2) is 0 Å². The molecule has 2 atom stereocenters. The first-order valence-corrected chi connectivity index (χ1v) is 6.67. The van der Waals surface area contributed by atoms with Gasteiger partial charge in [0.05, 0.1) is 5.69 Å². The van der Waals surface area contributed by atoms with Crippen LogP contribution in [0, 0.1) is 5.92 Å². The summed E-state index contributed by atoms with van der Waals surface area (Å²) in [5.41, 5.74) is 7.06. The fraction of sp³-hybridized carbons (Fsp3) is 0.643. The average Bonchev–Trinajstić information content (AvgIpc) is 2.40. The van der Waals surface area contributed by atoms with Crippen LogP contribution in [0.1, 0.15) is 31.9 Å². The molecule has 0 bridgehead atoms. The van der Waals surface area contributed by atoms with Gasteiger partial charge in [0, 0.05) is 25.3 Å². The smallest absolute Gasteiger partial charge is 0.0544 e. The van der Waals surface area contributed by atoms with E-state index in [1.807, 2.05) is 12.3 Å². The summed E-state index contributed by atoms with van der Waals surface area (Å²) in [4.78, 5) is 6.89. The van der Waals surface area contributed by atoms with E-state index in [9.17, 15) is 0 Å². The summed E-state index contributed by atoms with van der Waals surface area (Å²) < 4.78 is 0. The molecule has 0 spiro atoms. The Bertz CT molecular complexity index is 325. The second kappa shape index (κ2) is 6.12. The van der Waals surface area contributed by atoms with E-state index in [2.05, 4.69) is 28.9 Å². The third-order valence-corrected chi connectivity index (χ3v) is 3.89. The molecule has 1 aromatic heterocycles. The normalized spacial score (nSPS) is 26.0. The number of nitrogens with two attached hydrogens (primary N) is 1. The molecular weight excluding hydrogens is 210 g/mol. The van der Waals surface area contributed by atoms with Crippen LogP contribution in [0.15, 0.2) is 24.4 Å².